The molecule has 0 aliphatic carbocycles. The van der Waals surface area contributed by atoms with Gasteiger partial charge in [0.25, 0.3) is 5.56 Å². The molecule has 0 atom stereocenters. The number of anilines is 2. The lowest BCUT2D eigenvalue weighted by atomic mass is 10.3. The molecule has 1 N–H and O–H groups in total. The maximum Gasteiger partial charge on any atom is 0.332 e. The highest BCUT2D eigenvalue weighted by Crippen LogP contribution is 2.28. The van der Waals surface area contributed by atoms with Crippen LogP contribution in [-0.2, 0) is 18.4 Å². The van der Waals surface area contributed by atoms with Gasteiger partial charge in [0.15, 0.2) is 10.8 Å². The van der Waals surface area contributed by atoms with E-state index in [1.54, 1.807) is 12.1 Å². The second-order valence-corrected chi connectivity index (χ2v) is 7.47. The largest absolute Gasteiger partial charge is 0.348 e. The van der Waals surface area contributed by atoms with Gasteiger partial charge >= 0.3 is 5.69 Å². The number of aromatic nitrogens is 3. The van der Waals surface area contributed by atoms with Crippen molar-refractivity contribution in [1.82, 2.24) is 14.1 Å². The first-order chi connectivity index (χ1) is 13.0. The lowest BCUT2D eigenvalue weighted by Gasteiger charge is -2.12. The van der Waals surface area contributed by atoms with Gasteiger partial charge in [-0.3, -0.25) is 18.7 Å². The topological polar surface area (TPSA) is 89.2 Å². The minimum Gasteiger partial charge on any atom is -0.348 e. The number of para-hydroxylation sites is 1. The molecule has 0 saturated carbocycles. The van der Waals surface area contributed by atoms with Gasteiger partial charge in [0.05, 0.1) is 0 Å². The highest BCUT2D eigenvalue weighted by Gasteiger charge is 2.22. The minimum absolute atomic E-state index is 0.207. The number of thiazole rings is 1. The van der Waals surface area contributed by atoms with Crippen LogP contribution in [0.25, 0.3) is 10.3 Å². The first kappa shape index (κ1) is 17.5. The Balaban J connectivity index is 1.73. The van der Waals surface area contributed by atoms with E-state index in [9.17, 15) is 14.4 Å². The van der Waals surface area contributed by atoms with E-state index in [0.717, 1.165) is 35.6 Å². The molecule has 3 aromatic rings. The van der Waals surface area contributed by atoms with E-state index in [1.807, 2.05) is 18.2 Å². The molecule has 8 nitrogen and oxygen atoms in total. The first-order valence-electron chi connectivity index (χ1n) is 8.75. The number of nitrogens with zero attached hydrogens (tertiary/aromatic N) is 4. The van der Waals surface area contributed by atoms with E-state index in [-0.39, 0.29) is 23.7 Å². The van der Waals surface area contributed by atoms with Crippen LogP contribution < -0.4 is 21.5 Å². The van der Waals surface area contributed by atoms with Crippen molar-refractivity contribution >= 4 is 38.4 Å². The van der Waals surface area contributed by atoms with Gasteiger partial charge in [-0.1, -0.05) is 29.5 Å². The molecule has 2 aromatic heterocycles. The molecule has 0 bridgehead atoms. The smallest absolute Gasteiger partial charge is 0.332 e. The van der Waals surface area contributed by atoms with Crippen molar-refractivity contribution in [3.63, 3.8) is 0 Å². The van der Waals surface area contributed by atoms with Gasteiger partial charge in [0.2, 0.25) is 5.91 Å². The summed E-state index contributed by atoms with van der Waals surface area (Å²) < 4.78 is 2.70. The van der Waals surface area contributed by atoms with Crippen LogP contribution in [0.1, 0.15) is 12.8 Å². The standard InChI is InChI=1S/C18H19N5O3S/c1-21-16(25)14-15(20-17(27-14)22-9-5-6-10-22)23(18(21)26)11-13(24)19-12-7-3-2-4-8-12/h2-4,7-8H,5-6,9-11H2,1H3,(H,19,24). The molecular formula is C18H19N5O3S. The summed E-state index contributed by atoms with van der Waals surface area (Å²) >= 11 is 1.28. The average Bonchev–Trinajstić information content (AvgIpc) is 3.34. The van der Waals surface area contributed by atoms with Crippen molar-refractivity contribution in [2.75, 3.05) is 23.3 Å². The second-order valence-electron chi connectivity index (χ2n) is 6.49. The fourth-order valence-electron chi connectivity index (χ4n) is 3.19. The van der Waals surface area contributed by atoms with Crippen LogP contribution in [0, 0.1) is 0 Å². The van der Waals surface area contributed by atoms with Crippen LogP contribution in [0.3, 0.4) is 0 Å². The lowest BCUT2D eigenvalue weighted by Crippen LogP contribution is -2.39. The Hall–Kier alpha value is -2.94. The minimum atomic E-state index is -0.547. The maximum absolute atomic E-state index is 12.6. The summed E-state index contributed by atoms with van der Waals surface area (Å²) in [7, 11) is 1.42. The Morgan fingerprint density at radius 1 is 1.19 bits per heavy atom. The highest BCUT2D eigenvalue weighted by molar-refractivity contribution is 7.22. The Kier molecular flexibility index (Phi) is 4.53. The van der Waals surface area contributed by atoms with Gasteiger partial charge in [-0.05, 0) is 25.0 Å². The Morgan fingerprint density at radius 2 is 1.89 bits per heavy atom. The van der Waals surface area contributed by atoms with Gasteiger partial charge < -0.3 is 10.2 Å². The number of hydrogen-bond acceptors (Lipinski definition) is 6. The van der Waals surface area contributed by atoms with E-state index in [0.29, 0.717) is 10.4 Å². The molecule has 1 aliphatic rings. The zero-order valence-electron chi connectivity index (χ0n) is 14.8. The summed E-state index contributed by atoms with van der Waals surface area (Å²) in [5.41, 5.74) is -0.00231. The van der Waals surface area contributed by atoms with E-state index in [1.165, 1.54) is 23.0 Å². The van der Waals surface area contributed by atoms with E-state index in [2.05, 4.69) is 15.2 Å². The van der Waals surface area contributed by atoms with E-state index < -0.39 is 5.69 Å². The molecule has 140 valence electrons. The van der Waals surface area contributed by atoms with Crippen LogP contribution in [0.5, 0.6) is 0 Å². The molecule has 0 radical (unpaired) electrons. The molecule has 9 heteroatoms. The van der Waals surface area contributed by atoms with Gasteiger partial charge in [0.1, 0.15) is 11.2 Å². The van der Waals surface area contributed by atoms with Crippen molar-refractivity contribution in [2.45, 2.75) is 19.4 Å². The Morgan fingerprint density at radius 3 is 2.59 bits per heavy atom. The summed E-state index contributed by atoms with van der Waals surface area (Å²) in [5, 5.41) is 3.48. The van der Waals surface area contributed by atoms with Gasteiger partial charge in [-0.25, -0.2) is 9.78 Å². The molecule has 4 rings (SSSR count). The van der Waals surface area contributed by atoms with Crippen LogP contribution in [0.2, 0.25) is 0 Å². The summed E-state index contributed by atoms with van der Waals surface area (Å²) in [5.74, 6) is -0.348. The monoisotopic (exact) mass is 385 g/mol. The molecule has 1 aliphatic heterocycles. The Bertz CT molecular complexity index is 1110. The van der Waals surface area contributed by atoms with Gasteiger partial charge in [-0.15, -0.1) is 0 Å². The summed E-state index contributed by atoms with van der Waals surface area (Å²) in [4.78, 5) is 44.2. The molecular weight excluding hydrogens is 366 g/mol. The average molecular weight is 385 g/mol. The number of nitrogens with one attached hydrogen (secondary N) is 1. The predicted octanol–water partition coefficient (Wildman–Crippen LogP) is 1.40. The number of hydrogen-bond donors (Lipinski definition) is 1. The highest BCUT2D eigenvalue weighted by atomic mass is 32.1. The number of carbonyl (C=O) groups is 1. The molecule has 1 amide bonds. The predicted molar refractivity (Wildman–Crippen MR) is 106 cm³/mol. The summed E-state index contributed by atoms with van der Waals surface area (Å²) in [6, 6.07) is 9.02. The normalized spacial score (nSPS) is 14.0. The number of carbonyl (C=O) groups excluding carboxylic acids is 1. The van der Waals surface area contributed by atoms with Crippen molar-refractivity contribution in [3.8, 4) is 0 Å². The summed E-state index contributed by atoms with van der Waals surface area (Å²) in [6.45, 7) is 1.57. The van der Waals surface area contributed by atoms with Crippen LogP contribution >= 0.6 is 11.3 Å². The fourth-order valence-corrected chi connectivity index (χ4v) is 4.28. The quantitative estimate of drug-likeness (QED) is 0.733. The van der Waals surface area contributed by atoms with E-state index in [4.69, 9.17) is 0 Å². The fraction of sp³-hybridized carbons (Fsp3) is 0.333. The number of fused-ring (bicyclic) bond motifs is 1. The third kappa shape index (κ3) is 3.25. The van der Waals surface area contributed by atoms with Crippen molar-refractivity contribution in [3.05, 3.63) is 51.2 Å². The third-order valence-electron chi connectivity index (χ3n) is 4.61. The van der Waals surface area contributed by atoms with Crippen LogP contribution in [0.4, 0.5) is 10.8 Å². The zero-order chi connectivity index (χ0) is 19.0. The summed E-state index contributed by atoms with van der Waals surface area (Å²) in [6.07, 6.45) is 2.17. The van der Waals surface area contributed by atoms with Crippen LogP contribution in [0.15, 0.2) is 39.9 Å². The van der Waals surface area contributed by atoms with Crippen molar-refractivity contribution in [1.29, 1.82) is 0 Å². The third-order valence-corrected chi connectivity index (χ3v) is 5.70. The van der Waals surface area contributed by atoms with Gasteiger partial charge in [0, 0.05) is 25.8 Å². The van der Waals surface area contributed by atoms with Gasteiger partial charge in [-0.2, -0.15) is 0 Å². The first-order valence-corrected chi connectivity index (χ1v) is 9.56. The van der Waals surface area contributed by atoms with Crippen molar-refractivity contribution < 1.29 is 4.79 Å². The Labute approximate surface area is 158 Å². The zero-order valence-corrected chi connectivity index (χ0v) is 15.7. The molecule has 1 saturated heterocycles. The molecule has 0 unspecified atom stereocenters. The van der Waals surface area contributed by atoms with Crippen molar-refractivity contribution in [2.24, 2.45) is 7.05 Å². The maximum atomic E-state index is 12.6. The molecule has 3 heterocycles. The van der Waals surface area contributed by atoms with E-state index >= 15 is 0 Å². The lowest BCUT2D eigenvalue weighted by molar-refractivity contribution is -0.116. The number of rotatable bonds is 4. The SMILES string of the molecule is Cn1c(=O)c2sc(N3CCCC3)nc2n(CC(=O)Nc2ccccc2)c1=O. The molecule has 0 spiro atoms. The second kappa shape index (κ2) is 6.99. The molecule has 27 heavy (non-hydrogen) atoms. The molecule has 1 aromatic carbocycles. The van der Waals surface area contributed by atoms with Crippen LogP contribution in [-0.4, -0.2) is 33.1 Å². The number of amides is 1. The number of benzene rings is 1. The molecule has 1 fully saturated rings.